The SMILES string of the molecule is CC(C)CNCc1nc(-c2ccc3ccccc3n2)no1. The van der Waals surface area contributed by atoms with E-state index in [4.69, 9.17) is 4.52 Å². The minimum Gasteiger partial charge on any atom is -0.337 e. The molecule has 2 heterocycles. The number of fused-ring (bicyclic) bond motifs is 1. The number of nitrogens with zero attached hydrogens (tertiary/aromatic N) is 3. The Balaban J connectivity index is 1.77. The van der Waals surface area contributed by atoms with Gasteiger partial charge in [0.2, 0.25) is 11.7 Å². The van der Waals surface area contributed by atoms with Gasteiger partial charge in [-0.05, 0) is 24.6 Å². The van der Waals surface area contributed by atoms with Crippen LogP contribution >= 0.6 is 0 Å². The fourth-order valence-electron chi connectivity index (χ4n) is 2.09. The molecular weight excluding hydrogens is 264 g/mol. The largest absolute Gasteiger partial charge is 0.337 e. The molecule has 108 valence electrons. The van der Waals surface area contributed by atoms with E-state index in [0.29, 0.717) is 24.2 Å². The first-order valence-electron chi connectivity index (χ1n) is 7.12. The number of benzene rings is 1. The van der Waals surface area contributed by atoms with Gasteiger partial charge in [0, 0.05) is 5.39 Å². The Morgan fingerprint density at radius 3 is 2.81 bits per heavy atom. The van der Waals surface area contributed by atoms with Crippen molar-refractivity contribution < 1.29 is 4.52 Å². The van der Waals surface area contributed by atoms with Gasteiger partial charge in [0.15, 0.2) is 0 Å². The second kappa shape index (κ2) is 6.01. The average Bonchev–Trinajstić information content (AvgIpc) is 2.95. The molecule has 1 aromatic carbocycles. The van der Waals surface area contributed by atoms with E-state index in [2.05, 4.69) is 34.3 Å². The monoisotopic (exact) mass is 282 g/mol. The molecule has 0 bridgehead atoms. The second-order valence-electron chi connectivity index (χ2n) is 5.43. The van der Waals surface area contributed by atoms with Gasteiger partial charge in [0.25, 0.3) is 0 Å². The van der Waals surface area contributed by atoms with Gasteiger partial charge in [-0.25, -0.2) is 4.98 Å². The van der Waals surface area contributed by atoms with E-state index >= 15 is 0 Å². The van der Waals surface area contributed by atoms with E-state index in [1.54, 1.807) is 0 Å². The van der Waals surface area contributed by atoms with Crippen LogP contribution in [0.15, 0.2) is 40.9 Å². The van der Waals surface area contributed by atoms with E-state index < -0.39 is 0 Å². The molecule has 0 aliphatic carbocycles. The molecule has 3 rings (SSSR count). The summed E-state index contributed by atoms with van der Waals surface area (Å²) >= 11 is 0. The number of rotatable bonds is 5. The van der Waals surface area contributed by atoms with Crippen molar-refractivity contribution in [2.24, 2.45) is 5.92 Å². The van der Waals surface area contributed by atoms with Crippen LogP contribution in [0.3, 0.4) is 0 Å². The third-order valence-corrected chi connectivity index (χ3v) is 3.12. The second-order valence-corrected chi connectivity index (χ2v) is 5.43. The molecule has 0 saturated carbocycles. The lowest BCUT2D eigenvalue weighted by atomic mass is 10.2. The van der Waals surface area contributed by atoms with Gasteiger partial charge in [0.05, 0.1) is 12.1 Å². The summed E-state index contributed by atoms with van der Waals surface area (Å²) in [6, 6.07) is 11.9. The first-order valence-corrected chi connectivity index (χ1v) is 7.12. The van der Waals surface area contributed by atoms with Crippen LogP contribution in [0.1, 0.15) is 19.7 Å². The lowest BCUT2D eigenvalue weighted by molar-refractivity contribution is 0.364. The first kappa shape index (κ1) is 13.7. The molecule has 0 aliphatic rings. The molecule has 2 aromatic heterocycles. The lowest BCUT2D eigenvalue weighted by Gasteiger charge is -2.03. The fourth-order valence-corrected chi connectivity index (χ4v) is 2.09. The minimum absolute atomic E-state index is 0.530. The van der Waals surface area contributed by atoms with Crippen LogP contribution in [0.5, 0.6) is 0 Å². The molecule has 0 spiro atoms. The van der Waals surface area contributed by atoms with E-state index in [0.717, 1.165) is 23.1 Å². The Morgan fingerprint density at radius 2 is 1.95 bits per heavy atom. The highest BCUT2D eigenvalue weighted by molar-refractivity contribution is 5.80. The van der Waals surface area contributed by atoms with E-state index in [1.807, 2.05) is 36.4 Å². The number of hydrogen-bond donors (Lipinski definition) is 1. The Labute approximate surface area is 123 Å². The van der Waals surface area contributed by atoms with Gasteiger partial charge < -0.3 is 9.84 Å². The van der Waals surface area contributed by atoms with Crippen molar-refractivity contribution in [2.75, 3.05) is 6.54 Å². The van der Waals surface area contributed by atoms with Crippen LogP contribution in [0, 0.1) is 5.92 Å². The summed E-state index contributed by atoms with van der Waals surface area (Å²) in [5.41, 5.74) is 1.66. The van der Waals surface area contributed by atoms with Gasteiger partial charge in [-0.15, -0.1) is 0 Å². The molecule has 21 heavy (non-hydrogen) atoms. The predicted molar refractivity (Wildman–Crippen MR) is 81.6 cm³/mol. The van der Waals surface area contributed by atoms with E-state index in [1.165, 1.54) is 0 Å². The highest BCUT2D eigenvalue weighted by Gasteiger charge is 2.10. The Kier molecular flexibility index (Phi) is 3.92. The number of para-hydroxylation sites is 1. The maximum absolute atomic E-state index is 5.25. The number of nitrogens with one attached hydrogen (secondary N) is 1. The van der Waals surface area contributed by atoms with Crippen molar-refractivity contribution in [1.82, 2.24) is 20.4 Å². The lowest BCUT2D eigenvalue weighted by Crippen LogP contribution is -2.19. The van der Waals surface area contributed by atoms with Crippen LogP contribution in [0.4, 0.5) is 0 Å². The van der Waals surface area contributed by atoms with Gasteiger partial charge in [-0.2, -0.15) is 4.98 Å². The van der Waals surface area contributed by atoms with Crippen LogP contribution in [0.25, 0.3) is 22.4 Å². The van der Waals surface area contributed by atoms with Crippen LogP contribution in [0.2, 0.25) is 0 Å². The maximum Gasteiger partial charge on any atom is 0.240 e. The topological polar surface area (TPSA) is 63.8 Å². The van der Waals surface area contributed by atoms with Crippen molar-refractivity contribution in [3.63, 3.8) is 0 Å². The summed E-state index contributed by atoms with van der Waals surface area (Å²) < 4.78 is 5.25. The quantitative estimate of drug-likeness (QED) is 0.779. The Morgan fingerprint density at radius 1 is 1.10 bits per heavy atom. The zero-order valence-corrected chi connectivity index (χ0v) is 12.2. The highest BCUT2D eigenvalue weighted by atomic mass is 16.5. The van der Waals surface area contributed by atoms with Gasteiger partial charge in [0.1, 0.15) is 5.69 Å². The standard InChI is InChI=1S/C16H18N4O/c1-11(2)9-17-10-15-19-16(20-21-15)14-8-7-12-5-3-4-6-13(12)18-14/h3-8,11,17H,9-10H2,1-2H3. The number of aromatic nitrogens is 3. The van der Waals surface area contributed by atoms with Crippen molar-refractivity contribution in [2.45, 2.75) is 20.4 Å². The summed E-state index contributed by atoms with van der Waals surface area (Å²) in [4.78, 5) is 8.94. The summed E-state index contributed by atoms with van der Waals surface area (Å²) in [7, 11) is 0. The maximum atomic E-state index is 5.25. The fraction of sp³-hybridized carbons (Fsp3) is 0.312. The third kappa shape index (κ3) is 3.25. The zero-order valence-electron chi connectivity index (χ0n) is 12.2. The molecule has 0 unspecified atom stereocenters. The molecule has 0 fully saturated rings. The molecule has 0 aliphatic heterocycles. The molecule has 0 saturated heterocycles. The van der Waals surface area contributed by atoms with Gasteiger partial charge in [-0.1, -0.05) is 43.3 Å². The minimum atomic E-state index is 0.530. The molecule has 5 heteroatoms. The average molecular weight is 282 g/mol. The van der Waals surface area contributed by atoms with Crippen molar-refractivity contribution >= 4 is 10.9 Å². The molecular formula is C16H18N4O. The Bertz CT molecular complexity index is 736. The van der Waals surface area contributed by atoms with E-state index in [9.17, 15) is 0 Å². The predicted octanol–water partition coefficient (Wildman–Crippen LogP) is 3.03. The molecule has 3 aromatic rings. The van der Waals surface area contributed by atoms with Crippen LogP contribution in [-0.2, 0) is 6.54 Å². The third-order valence-electron chi connectivity index (χ3n) is 3.12. The molecule has 0 atom stereocenters. The number of hydrogen-bond acceptors (Lipinski definition) is 5. The van der Waals surface area contributed by atoms with Gasteiger partial charge >= 0.3 is 0 Å². The number of pyridine rings is 1. The van der Waals surface area contributed by atoms with Crippen molar-refractivity contribution in [1.29, 1.82) is 0 Å². The van der Waals surface area contributed by atoms with Gasteiger partial charge in [-0.3, -0.25) is 0 Å². The normalized spacial score (nSPS) is 11.4. The summed E-state index contributed by atoms with van der Waals surface area (Å²) in [6.07, 6.45) is 0. The van der Waals surface area contributed by atoms with E-state index in [-0.39, 0.29) is 0 Å². The molecule has 0 amide bonds. The molecule has 1 N–H and O–H groups in total. The van der Waals surface area contributed by atoms with Crippen LogP contribution < -0.4 is 5.32 Å². The summed E-state index contributed by atoms with van der Waals surface area (Å²) in [5.74, 6) is 1.71. The first-order chi connectivity index (χ1) is 10.2. The van der Waals surface area contributed by atoms with Crippen molar-refractivity contribution in [3.8, 4) is 11.5 Å². The zero-order chi connectivity index (χ0) is 14.7. The molecule has 0 radical (unpaired) electrons. The van der Waals surface area contributed by atoms with Crippen LogP contribution in [-0.4, -0.2) is 21.7 Å². The summed E-state index contributed by atoms with van der Waals surface area (Å²) in [6.45, 7) is 5.82. The highest BCUT2D eigenvalue weighted by Crippen LogP contribution is 2.18. The van der Waals surface area contributed by atoms with Crippen molar-refractivity contribution in [3.05, 3.63) is 42.3 Å². The molecule has 5 nitrogen and oxygen atoms in total. The smallest absolute Gasteiger partial charge is 0.240 e. The summed E-state index contributed by atoms with van der Waals surface area (Å²) in [5, 5.41) is 8.38. The Hall–Kier alpha value is -2.27.